The summed E-state index contributed by atoms with van der Waals surface area (Å²) in [5.41, 5.74) is 2.32. The van der Waals surface area contributed by atoms with Crippen molar-refractivity contribution in [3.05, 3.63) is 34.6 Å². The highest BCUT2D eigenvalue weighted by Crippen LogP contribution is 2.25. The molecule has 0 aliphatic carbocycles. The molecule has 2 aromatic heterocycles. The molecule has 3 rings (SSSR count). The average Bonchev–Trinajstić information content (AvgIpc) is 3.14. The number of morpholine rings is 1. The fraction of sp³-hybridized carbons (Fsp3) is 0.438. The van der Waals surface area contributed by atoms with Crippen LogP contribution in [0.4, 0.5) is 0 Å². The number of carbonyl (C=O) groups excluding carboxylic acids is 1. The summed E-state index contributed by atoms with van der Waals surface area (Å²) in [6.45, 7) is 4.89. The summed E-state index contributed by atoms with van der Waals surface area (Å²) in [5.74, 6) is -1.09. The molecule has 0 saturated carbocycles. The van der Waals surface area contributed by atoms with Gasteiger partial charge in [0.15, 0.2) is 5.13 Å². The number of amides is 1. The molecule has 8 heteroatoms. The molecule has 1 aliphatic rings. The van der Waals surface area contributed by atoms with Gasteiger partial charge in [-0.25, -0.2) is 4.98 Å². The summed E-state index contributed by atoms with van der Waals surface area (Å²) >= 11 is 1.50. The number of rotatable bonds is 4. The van der Waals surface area contributed by atoms with Crippen LogP contribution in [0.2, 0.25) is 0 Å². The van der Waals surface area contributed by atoms with E-state index >= 15 is 0 Å². The Kier molecular flexibility index (Phi) is 4.68. The summed E-state index contributed by atoms with van der Waals surface area (Å²) < 4.78 is 7.30. The van der Waals surface area contributed by atoms with Crippen molar-refractivity contribution in [1.82, 2.24) is 14.5 Å². The molecule has 0 bridgehead atoms. The van der Waals surface area contributed by atoms with Crippen molar-refractivity contribution in [3.63, 3.8) is 0 Å². The molecule has 0 radical (unpaired) electrons. The van der Waals surface area contributed by atoms with E-state index in [-0.39, 0.29) is 18.9 Å². The molecular formula is C16H19N3O4S. The zero-order valence-corrected chi connectivity index (χ0v) is 14.4. The maximum Gasteiger partial charge on any atom is 0.305 e. The second kappa shape index (κ2) is 6.74. The largest absolute Gasteiger partial charge is 0.481 e. The first-order chi connectivity index (χ1) is 11.5. The lowest BCUT2D eigenvalue weighted by Crippen LogP contribution is -2.49. The van der Waals surface area contributed by atoms with Crippen molar-refractivity contribution in [1.29, 1.82) is 0 Å². The van der Waals surface area contributed by atoms with Crippen LogP contribution < -0.4 is 0 Å². The normalized spacial score (nSPS) is 17.9. The van der Waals surface area contributed by atoms with E-state index in [9.17, 15) is 9.59 Å². The van der Waals surface area contributed by atoms with Crippen LogP contribution in [0.3, 0.4) is 0 Å². The number of carboxylic acid groups (broad SMARTS) is 1. The molecule has 2 aromatic rings. The van der Waals surface area contributed by atoms with Crippen LogP contribution in [0.5, 0.6) is 0 Å². The Bertz CT molecular complexity index is 754. The molecule has 24 heavy (non-hydrogen) atoms. The van der Waals surface area contributed by atoms with Crippen LogP contribution >= 0.6 is 11.3 Å². The van der Waals surface area contributed by atoms with Gasteiger partial charge in [0, 0.05) is 29.5 Å². The summed E-state index contributed by atoms with van der Waals surface area (Å²) in [7, 11) is 0. The molecule has 1 atom stereocenters. The predicted molar refractivity (Wildman–Crippen MR) is 88.8 cm³/mol. The zero-order valence-electron chi connectivity index (χ0n) is 13.6. The Morgan fingerprint density at radius 2 is 2.25 bits per heavy atom. The van der Waals surface area contributed by atoms with Gasteiger partial charge in [-0.05, 0) is 19.9 Å². The third kappa shape index (κ3) is 3.07. The molecule has 1 saturated heterocycles. The van der Waals surface area contributed by atoms with Crippen molar-refractivity contribution in [2.24, 2.45) is 0 Å². The van der Waals surface area contributed by atoms with E-state index in [2.05, 4.69) is 4.98 Å². The minimum Gasteiger partial charge on any atom is -0.481 e. The average molecular weight is 349 g/mol. The van der Waals surface area contributed by atoms with Gasteiger partial charge < -0.3 is 14.7 Å². The van der Waals surface area contributed by atoms with Gasteiger partial charge in [0.05, 0.1) is 31.2 Å². The van der Waals surface area contributed by atoms with E-state index < -0.39 is 12.0 Å². The van der Waals surface area contributed by atoms with Gasteiger partial charge in [0.25, 0.3) is 5.91 Å². The maximum atomic E-state index is 13.0. The summed E-state index contributed by atoms with van der Waals surface area (Å²) in [6, 6.07) is 1.40. The molecule has 1 aliphatic heterocycles. The lowest BCUT2D eigenvalue weighted by atomic mass is 10.1. The Morgan fingerprint density at radius 3 is 2.92 bits per heavy atom. The van der Waals surface area contributed by atoms with Gasteiger partial charge in [-0.1, -0.05) is 0 Å². The SMILES string of the molecule is Cc1cc(C(=O)N2CCOCC2CC(=O)O)c(C)n1-c1nccs1. The number of aryl methyl sites for hydroxylation is 1. The maximum absolute atomic E-state index is 13.0. The van der Waals surface area contributed by atoms with Crippen LogP contribution in [0.15, 0.2) is 17.6 Å². The molecule has 1 N–H and O–H groups in total. The minimum absolute atomic E-state index is 0.114. The quantitative estimate of drug-likeness (QED) is 0.911. The standard InChI is InChI=1S/C16H19N3O4S/c1-10-7-13(11(2)19(10)16-17-3-6-24-16)15(22)18-4-5-23-9-12(18)8-14(20)21/h3,6-7,12H,4-5,8-9H2,1-2H3,(H,20,21). The highest BCUT2D eigenvalue weighted by Gasteiger charge is 2.31. The van der Waals surface area contributed by atoms with Crippen molar-refractivity contribution >= 4 is 23.2 Å². The lowest BCUT2D eigenvalue weighted by Gasteiger charge is -2.34. The second-order valence-electron chi connectivity index (χ2n) is 5.76. The Balaban J connectivity index is 1.92. The predicted octanol–water partition coefficient (Wildman–Crippen LogP) is 1.87. The van der Waals surface area contributed by atoms with Crippen LogP contribution in [0.1, 0.15) is 28.2 Å². The number of thiazole rings is 1. The Morgan fingerprint density at radius 1 is 1.46 bits per heavy atom. The monoisotopic (exact) mass is 349 g/mol. The number of aromatic nitrogens is 2. The Labute approximate surface area is 143 Å². The molecule has 1 amide bonds. The van der Waals surface area contributed by atoms with E-state index in [1.54, 1.807) is 11.1 Å². The summed E-state index contributed by atoms with van der Waals surface area (Å²) in [4.78, 5) is 30.0. The first-order valence-electron chi connectivity index (χ1n) is 7.68. The molecule has 1 fully saturated rings. The molecule has 3 heterocycles. The molecule has 7 nitrogen and oxygen atoms in total. The highest BCUT2D eigenvalue weighted by molar-refractivity contribution is 7.12. The highest BCUT2D eigenvalue weighted by atomic mass is 32.1. The molecular weight excluding hydrogens is 330 g/mol. The summed E-state index contributed by atoms with van der Waals surface area (Å²) in [5, 5.41) is 11.8. The van der Waals surface area contributed by atoms with E-state index in [1.165, 1.54) is 11.3 Å². The molecule has 1 unspecified atom stereocenters. The third-order valence-corrected chi connectivity index (χ3v) is 4.93. The van der Waals surface area contributed by atoms with Gasteiger partial charge in [0.1, 0.15) is 0 Å². The fourth-order valence-electron chi connectivity index (χ4n) is 3.05. The second-order valence-corrected chi connectivity index (χ2v) is 6.63. The van der Waals surface area contributed by atoms with Crippen LogP contribution in [-0.2, 0) is 9.53 Å². The van der Waals surface area contributed by atoms with Gasteiger partial charge in [-0.15, -0.1) is 11.3 Å². The number of aliphatic carboxylic acids is 1. The number of nitrogens with zero attached hydrogens (tertiary/aromatic N) is 3. The minimum atomic E-state index is -0.934. The van der Waals surface area contributed by atoms with Gasteiger partial charge >= 0.3 is 5.97 Å². The number of carbonyl (C=O) groups is 2. The smallest absolute Gasteiger partial charge is 0.305 e. The molecule has 0 aromatic carbocycles. The van der Waals surface area contributed by atoms with Gasteiger partial charge in [0.2, 0.25) is 0 Å². The van der Waals surface area contributed by atoms with Gasteiger partial charge in [-0.3, -0.25) is 14.2 Å². The number of hydrogen-bond donors (Lipinski definition) is 1. The van der Waals surface area contributed by atoms with Crippen LogP contribution in [0.25, 0.3) is 5.13 Å². The van der Waals surface area contributed by atoms with Crippen molar-refractivity contribution < 1.29 is 19.4 Å². The number of hydrogen-bond acceptors (Lipinski definition) is 5. The molecule has 128 valence electrons. The van der Waals surface area contributed by atoms with Crippen LogP contribution in [-0.4, -0.2) is 57.2 Å². The van der Waals surface area contributed by atoms with E-state index in [1.807, 2.05) is 29.9 Å². The number of carboxylic acids is 1. The van der Waals surface area contributed by atoms with Crippen molar-refractivity contribution in [2.45, 2.75) is 26.3 Å². The molecule has 0 spiro atoms. The van der Waals surface area contributed by atoms with E-state index in [4.69, 9.17) is 9.84 Å². The van der Waals surface area contributed by atoms with E-state index in [0.29, 0.717) is 18.7 Å². The van der Waals surface area contributed by atoms with Crippen molar-refractivity contribution in [3.8, 4) is 5.13 Å². The third-order valence-electron chi connectivity index (χ3n) is 4.17. The van der Waals surface area contributed by atoms with E-state index in [0.717, 1.165) is 16.5 Å². The topological polar surface area (TPSA) is 84.7 Å². The fourth-order valence-corrected chi connectivity index (χ4v) is 3.80. The number of ether oxygens (including phenoxy) is 1. The van der Waals surface area contributed by atoms with Crippen LogP contribution in [0, 0.1) is 13.8 Å². The summed E-state index contributed by atoms with van der Waals surface area (Å²) in [6.07, 6.45) is 1.61. The first-order valence-corrected chi connectivity index (χ1v) is 8.56. The zero-order chi connectivity index (χ0) is 17.3. The van der Waals surface area contributed by atoms with Gasteiger partial charge in [-0.2, -0.15) is 0 Å². The first kappa shape index (κ1) is 16.7. The Hall–Kier alpha value is -2.19. The lowest BCUT2D eigenvalue weighted by molar-refractivity contribution is -0.139. The van der Waals surface area contributed by atoms with Crippen molar-refractivity contribution in [2.75, 3.05) is 19.8 Å².